The fourth-order valence-corrected chi connectivity index (χ4v) is 3.11. The zero-order chi connectivity index (χ0) is 16.0. The molecule has 2 aromatic heterocycles. The number of nitrogens with zero attached hydrogens (tertiary/aromatic N) is 3. The van der Waals surface area contributed by atoms with Gasteiger partial charge in [-0.1, -0.05) is 30.3 Å². The molecule has 0 bridgehead atoms. The van der Waals surface area contributed by atoms with Crippen LogP contribution in [0.4, 0.5) is 0 Å². The fourth-order valence-electron chi connectivity index (χ4n) is 3.11. The molecule has 0 radical (unpaired) electrons. The molecule has 3 aromatic rings. The van der Waals surface area contributed by atoms with E-state index in [0.29, 0.717) is 5.65 Å². The second kappa shape index (κ2) is 5.42. The van der Waals surface area contributed by atoms with Crippen LogP contribution in [0.15, 0.2) is 48.9 Å². The maximum atomic E-state index is 10.5. The molecule has 0 unspecified atom stereocenters. The quantitative estimate of drug-likeness (QED) is 0.753. The van der Waals surface area contributed by atoms with E-state index in [1.165, 1.54) is 6.33 Å². The molecule has 6 nitrogen and oxygen atoms in total. The van der Waals surface area contributed by atoms with Gasteiger partial charge in [-0.3, -0.25) is 0 Å². The molecule has 0 spiro atoms. The van der Waals surface area contributed by atoms with E-state index in [0.717, 1.165) is 16.6 Å². The molecule has 3 heterocycles. The van der Waals surface area contributed by atoms with Gasteiger partial charge in [-0.15, -0.1) is 0 Å². The molecule has 6 heteroatoms. The minimum absolute atomic E-state index is 0.573. The van der Waals surface area contributed by atoms with E-state index in [1.807, 2.05) is 43.3 Å². The predicted octanol–water partition coefficient (Wildman–Crippen LogP) is 1.73. The molecular formula is C17H17N3O3. The van der Waals surface area contributed by atoms with E-state index < -0.39 is 24.5 Å². The molecule has 1 aromatic carbocycles. The minimum Gasteiger partial charge on any atom is -0.387 e. The van der Waals surface area contributed by atoms with E-state index in [9.17, 15) is 10.2 Å². The SMILES string of the molecule is Cc1ncnc2c1ccn2[C@@H]1O[C@@H](c2ccccc2)[C@@H](O)[C@H]1O. The third kappa shape index (κ3) is 2.23. The van der Waals surface area contributed by atoms with Gasteiger partial charge in [-0.05, 0) is 18.6 Å². The molecule has 4 rings (SSSR count). The molecule has 1 aliphatic rings. The lowest BCUT2D eigenvalue weighted by atomic mass is 10.0. The van der Waals surface area contributed by atoms with Crippen LogP contribution in [-0.4, -0.2) is 37.0 Å². The average Bonchev–Trinajstić information content (AvgIpc) is 3.12. The van der Waals surface area contributed by atoms with Crippen molar-refractivity contribution in [2.45, 2.75) is 31.5 Å². The number of ether oxygens (including phenoxy) is 1. The van der Waals surface area contributed by atoms with Crippen molar-refractivity contribution >= 4 is 11.0 Å². The van der Waals surface area contributed by atoms with Crippen LogP contribution < -0.4 is 0 Å². The Morgan fingerprint density at radius 3 is 2.61 bits per heavy atom. The van der Waals surface area contributed by atoms with Gasteiger partial charge in [-0.2, -0.15) is 0 Å². The van der Waals surface area contributed by atoms with Crippen LogP contribution >= 0.6 is 0 Å². The largest absolute Gasteiger partial charge is 0.387 e. The number of hydrogen-bond donors (Lipinski definition) is 2. The molecule has 118 valence electrons. The zero-order valence-corrected chi connectivity index (χ0v) is 12.6. The summed E-state index contributed by atoms with van der Waals surface area (Å²) >= 11 is 0. The summed E-state index contributed by atoms with van der Waals surface area (Å²) in [7, 11) is 0. The van der Waals surface area contributed by atoms with Gasteiger partial charge in [0.05, 0.1) is 5.69 Å². The van der Waals surface area contributed by atoms with Crippen molar-refractivity contribution in [3.8, 4) is 0 Å². The highest BCUT2D eigenvalue weighted by Gasteiger charge is 2.44. The standard InChI is InChI=1S/C17H17N3O3/c1-10-12-7-8-20(16(12)19-9-18-10)17-14(22)13(21)15(23-17)11-5-3-2-4-6-11/h2-9,13-15,17,21-22H,1H3/t13-,14+,15-,17+/m0/s1. The molecule has 1 fully saturated rings. The fraction of sp³-hybridized carbons (Fsp3) is 0.294. The Labute approximate surface area is 133 Å². The van der Waals surface area contributed by atoms with Crippen molar-refractivity contribution < 1.29 is 14.9 Å². The summed E-state index contributed by atoms with van der Waals surface area (Å²) in [5.41, 5.74) is 2.38. The maximum Gasteiger partial charge on any atom is 0.164 e. The van der Waals surface area contributed by atoms with Gasteiger partial charge >= 0.3 is 0 Å². The first-order valence-electron chi connectivity index (χ1n) is 7.51. The van der Waals surface area contributed by atoms with Crippen molar-refractivity contribution in [3.05, 3.63) is 60.2 Å². The Hall–Kier alpha value is -2.28. The summed E-state index contributed by atoms with van der Waals surface area (Å²) < 4.78 is 7.72. The number of aliphatic hydroxyl groups excluding tert-OH is 2. The number of hydrogen-bond acceptors (Lipinski definition) is 5. The molecule has 1 saturated heterocycles. The van der Waals surface area contributed by atoms with Crippen LogP contribution in [0.3, 0.4) is 0 Å². The second-order valence-corrected chi connectivity index (χ2v) is 5.76. The van der Waals surface area contributed by atoms with Crippen molar-refractivity contribution in [1.82, 2.24) is 14.5 Å². The average molecular weight is 311 g/mol. The van der Waals surface area contributed by atoms with Crippen molar-refractivity contribution in [3.63, 3.8) is 0 Å². The molecule has 0 aliphatic carbocycles. The van der Waals surface area contributed by atoms with Crippen LogP contribution in [0.5, 0.6) is 0 Å². The Balaban J connectivity index is 1.73. The van der Waals surface area contributed by atoms with Crippen molar-refractivity contribution in [2.75, 3.05) is 0 Å². The highest BCUT2D eigenvalue weighted by atomic mass is 16.6. The van der Waals surface area contributed by atoms with Gasteiger partial charge in [0.15, 0.2) is 6.23 Å². The monoisotopic (exact) mass is 311 g/mol. The first-order chi connectivity index (χ1) is 11.2. The van der Waals surface area contributed by atoms with Gasteiger partial charge in [0, 0.05) is 11.6 Å². The van der Waals surface area contributed by atoms with Gasteiger partial charge < -0.3 is 19.5 Å². The van der Waals surface area contributed by atoms with Crippen molar-refractivity contribution in [2.24, 2.45) is 0 Å². The molecule has 0 saturated carbocycles. The van der Waals surface area contributed by atoms with E-state index in [2.05, 4.69) is 9.97 Å². The van der Waals surface area contributed by atoms with Crippen LogP contribution in [-0.2, 0) is 4.74 Å². The minimum atomic E-state index is -1.04. The number of aliphatic hydroxyl groups is 2. The number of rotatable bonds is 2. The van der Waals surface area contributed by atoms with E-state index in [1.54, 1.807) is 10.8 Å². The molecule has 2 N–H and O–H groups in total. The van der Waals surface area contributed by atoms with Gasteiger partial charge in [0.1, 0.15) is 30.3 Å². The first kappa shape index (κ1) is 14.3. The predicted molar refractivity (Wildman–Crippen MR) is 83.6 cm³/mol. The van der Waals surface area contributed by atoms with E-state index in [-0.39, 0.29) is 0 Å². The third-order valence-electron chi connectivity index (χ3n) is 4.35. The lowest BCUT2D eigenvalue weighted by Gasteiger charge is -2.17. The van der Waals surface area contributed by atoms with Crippen LogP contribution in [0.2, 0.25) is 0 Å². The Kier molecular flexibility index (Phi) is 3.37. The summed E-state index contributed by atoms with van der Waals surface area (Å²) in [5.74, 6) is 0. The summed E-state index contributed by atoms with van der Waals surface area (Å²) in [6.45, 7) is 1.90. The summed E-state index contributed by atoms with van der Waals surface area (Å²) in [4.78, 5) is 8.45. The summed E-state index contributed by atoms with van der Waals surface area (Å²) in [6.07, 6.45) is -0.00606. The third-order valence-corrected chi connectivity index (χ3v) is 4.35. The van der Waals surface area contributed by atoms with E-state index >= 15 is 0 Å². The highest BCUT2D eigenvalue weighted by molar-refractivity contribution is 5.78. The zero-order valence-electron chi connectivity index (χ0n) is 12.6. The lowest BCUT2D eigenvalue weighted by Crippen LogP contribution is -2.28. The molecule has 0 amide bonds. The Morgan fingerprint density at radius 2 is 1.83 bits per heavy atom. The van der Waals surface area contributed by atoms with Crippen molar-refractivity contribution in [1.29, 1.82) is 0 Å². The molecule has 23 heavy (non-hydrogen) atoms. The van der Waals surface area contributed by atoms with Crippen LogP contribution in [0.25, 0.3) is 11.0 Å². The highest BCUT2D eigenvalue weighted by Crippen LogP contribution is 2.39. The Morgan fingerprint density at radius 1 is 1.04 bits per heavy atom. The van der Waals surface area contributed by atoms with Gasteiger partial charge in [0.2, 0.25) is 0 Å². The van der Waals surface area contributed by atoms with Gasteiger partial charge in [-0.25, -0.2) is 9.97 Å². The Bertz CT molecular complexity index is 833. The lowest BCUT2D eigenvalue weighted by molar-refractivity contribution is -0.0355. The normalized spacial score (nSPS) is 27.6. The number of fused-ring (bicyclic) bond motifs is 1. The summed E-state index contributed by atoms with van der Waals surface area (Å²) in [6, 6.07) is 11.3. The maximum absolute atomic E-state index is 10.5. The van der Waals surface area contributed by atoms with Gasteiger partial charge in [0.25, 0.3) is 0 Å². The molecule has 1 aliphatic heterocycles. The first-order valence-corrected chi connectivity index (χ1v) is 7.51. The molecule has 4 atom stereocenters. The van der Waals surface area contributed by atoms with Crippen LogP contribution in [0, 0.1) is 6.92 Å². The number of benzene rings is 1. The summed E-state index contributed by atoms with van der Waals surface area (Å²) in [5, 5.41) is 21.7. The second-order valence-electron chi connectivity index (χ2n) is 5.76. The molecular weight excluding hydrogens is 294 g/mol. The smallest absolute Gasteiger partial charge is 0.164 e. The van der Waals surface area contributed by atoms with Crippen LogP contribution in [0.1, 0.15) is 23.6 Å². The van der Waals surface area contributed by atoms with E-state index in [4.69, 9.17) is 4.74 Å². The number of aromatic nitrogens is 3. The number of aryl methyl sites for hydroxylation is 1. The topological polar surface area (TPSA) is 80.4 Å².